The fraction of sp³-hybridized carbons (Fsp3) is 0.467. The Bertz CT molecular complexity index is 492. The fourth-order valence-corrected chi connectivity index (χ4v) is 2.00. The number of imide groups is 1. The summed E-state index contributed by atoms with van der Waals surface area (Å²) in [5.74, 6) is 0. The maximum Gasteiger partial charge on any atom is 0.415 e. The SMILES string of the molecule is CC(C)(C)c1ccc(CC(N)CN(C(N)=O)C(=O)O)cc1. The van der Waals surface area contributed by atoms with Gasteiger partial charge in [0.15, 0.2) is 0 Å². The standard InChI is InChI=1S/C15H23N3O3/c1-15(2,3)11-6-4-10(5-7-11)8-12(16)9-18(13(17)19)14(20)21/h4-7,12H,8-9,16H2,1-3H3,(H2,17,19)(H,20,21). The van der Waals surface area contributed by atoms with Crippen molar-refractivity contribution in [1.82, 2.24) is 4.90 Å². The number of carbonyl (C=O) groups excluding carboxylic acids is 1. The second kappa shape index (κ2) is 6.58. The molecule has 0 aliphatic heterocycles. The third-order valence-corrected chi connectivity index (χ3v) is 3.23. The highest BCUT2D eigenvalue weighted by atomic mass is 16.4. The zero-order valence-corrected chi connectivity index (χ0v) is 12.7. The zero-order chi connectivity index (χ0) is 16.2. The van der Waals surface area contributed by atoms with Crippen molar-refractivity contribution in [1.29, 1.82) is 0 Å². The first-order valence-electron chi connectivity index (χ1n) is 6.76. The summed E-state index contributed by atoms with van der Waals surface area (Å²) in [7, 11) is 0. The Morgan fingerprint density at radius 2 is 1.76 bits per heavy atom. The van der Waals surface area contributed by atoms with Crippen LogP contribution in [0.3, 0.4) is 0 Å². The minimum absolute atomic E-state index is 0.0761. The van der Waals surface area contributed by atoms with Crippen molar-refractivity contribution in [2.45, 2.75) is 38.6 Å². The van der Waals surface area contributed by atoms with E-state index in [1.54, 1.807) is 0 Å². The van der Waals surface area contributed by atoms with Gasteiger partial charge in [0.05, 0.1) is 0 Å². The number of hydrogen-bond acceptors (Lipinski definition) is 3. The summed E-state index contributed by atoms with van der Waals surface area (Å²) in [6, 6.07) is 6.50. The van der Waals surface area contributed by atoms with Crippen LogP contribution in [-0.2, 0) is 11.8 Å². The minimum Gasteiger partial charge on any atom is -0.465 e. The van der Waals surface area contributed by atoms with Crippen LogP contribution >= 0.6 is 0 Å². The molecule has 116 valence electrons. The molecule has 6 nitrogen and oxygen atoms in total. The Hall–Kier alpha value is -2.08. The van der Waals surface area contributed by atoms with Crippen LogP contribution < -0.4 is 11.5 Å². The van der Waals surface area contributed by atoms with E-state index in [9.17, 15) is 9.59 Å². The van der Waals surface area contributed by atoms with Crippen LogP contribution in [0, 0.1) is 0 Å². The number of nitrogens with two attached hydrogens (primary N) is 2. The van der Waals surface area contributed by atoms with Crippen LogP contribution in [0.5, 0.6) is 0 Å². The van der Waals surface area contributed by atoms with E-state index in [1.807, 2.05) is 24.3 Å². The first-order chi connectivity index (χ1) is 9.61. The molecule has 21 heavy (non-hydrogen) atoms. The third-order valence-electron chi connectivity index (χ3n) is 3.23. The average Bonchev–Trinajstić information content (AvgIpc) is 2.34. The lowest BCUT2D eigenvalue weighted by molar-refractivity contribution is 0.149. The number of rotatable bonds is 4. The summed E-state index contributed by atoms with van der Waals surface area (Å²) in [6.07, 6.45) is -0.914. The lowest BCUT2D eigenvalue weighted by atomic mass is 9.86. The van der Waals surface area contributed by atoms with Crippen LogP contribution in [0.25, 0.3) is 0 Å². The van der Waals surface area contributed by atoms with Crippen LogP contribution in [0.1, 0.15) is 31.9 Å². The van der Waals surface area contributed by atoms with Gasteiger partial charge in [0, 0.05) is 12.6 Å². The van der Waals surface area contributed by atoms with Gasteiger partial charge in [0.1, 0.15) is 0 Å². The average molecular weight is 293 g/mol. The van der Waals surface area contributed by atoms with Gasteiger partial charge in [0.2, 0.25) is 0 Å². The maximum atomic E-state index is 11.0. The lowest BCUT2D eigenvalue weighted by Gasteiger charge is -2.21. The van der Waals surface area contributed by atoms with Gasteiger partial charge < -0.3 is 16.6 Å². The van der Waals surface area contributed by atoms with Gasteiger partial charge >= 0.3 is 12.1 Å². The molecule has 6 heteroatoms. The zero-order valence-electron chi connectivity index (χ0n) is 12.7. The number of urea groups is 1. The molecule has 5 N–H and O–H groups in total. The molecule has 1 unspecified atom stereocenters. The predicted molar refractivity (Wildman–Crippen MR) is 81.1 cm³/mol. The van der Waals surface area contributed by atoms with E-state index in [2.05, 4.69) is 20.8 Å². The van der Waals surface area contributed by atoms with Crippen molar-refractivity contribution in [3.63, 3.8) is 0 Å². The second-order valence-electron chi connectivity index (χ2n) is 6.14. The topological polar surface area (TPSA) is 110 Å². The monoisotopic (exact) mass is 293 g/mol. The van der Waals surface area contributed by atoms with Crippen molar-refractivity contribution in [2.24, 2.45) is 11.5 Å². The fourth-order valence-electron chi connectivity index (χ4n) is 2.00. The van der Waals surface area contributed by atoms with E-state index in [-0.39, 0.29) is 12.0 Å². The van der Waals surface area contributed by atoms with Crippen LogP contribution in [-0.4, -0.2) is 34.7 Å². The molecule has 0 heterocycles. The van der Waals surface area contributed by atoms with E-state index in [0.29, 0.717) is 11.3 Å². The van der Waals surface area contributed by atoms with E-state index in [1.165, 1.54) is 5.56 Å². The molecule has 0 aromatic heterocycles. The molecule has 0 saturated heterocycles. The molecule has 0 spiro atoms. The molecule has 0 fully saturated rings. The maximum absolute atomic E-state index is 11.0. The summed E-state index contributed by atoms with van der Waals surface area (Å²) in [6.45, 7) is 6.27. The van der Waals surface area contributed by atoms with E-state index >= 15 is 0 Å². The number of nitrogens with zero attached hydrogens (tertiary/aromatic N) is 1. The van der Waals surface area contributed by atoms with Crippen molar-refractivity contribution in [3.05, 3.63) is 35.4 Å². The highest BCUT2D eigenvalue weighted by Crippen LogP contribution is 2.22. The Balaban J connectivity index is 2.68. The molecule has 0 bridgehead atoms. The molecule has 1 atom stereocenters. The Morgan fingerprint density at radius 1 is 1.24 bits per heavy atom. The van der Waals surface area contributed by atoms with Gasteiger partial charge in [-0.15, -0.1) is 0 Å². The number of benzene rings is 1. The van der Waals surface area contributed by atoms with E-state index in [4.69, 9.17) is 16.6 Å². The van der Waals surface area contributed by atoms with Gasteiger partial charge in [-0.3, -0.25) is 0 Å². The minimum atomic E-state index is -1.39. The Morgan fingerprint density at radius 3 is 2.14 bits per heavy atom. The number of hydrogen-bond donors (Lipinski definition) is 3. The number of amides is 3. The molecule has 0 aliphatic carbocycles. The summed E-state index contributed by atoms with van der Waals surface area (Å²) < 4.78 is 0. The van der Waals surface area contributed by atoms with Crippen molar-refractivity contribution in [3.8, 4) is 0 Å². The van der Waals surface area contributed by atoms with Gasteiger partial charge in [0.25, 0.3) is 0 Å². The molecule has 1 aromatic carbocycles. The molecule has 0 radical (unpaired) electrons. The normalized spacial score (nSPS) is 12.8. The third kappa shape index (κ3) is 5.07. The lowest BCUT2D eigenvalue weighted by Crippen LogP contribution is -2.47. The van der Waals surface area contributed by atoms with Crippen molar-refractivity contribution in [2.75, 3.05) is 6.54 Å². The van der Waals surface area contributed by atoms with E-state index in [0.717, 1.165) is 5.56 Å². The highest BCUT2D eigenvalue weighted by Gasteiger charge is 2.21. The number of carboxylic acid groups (broad SMARTS) is 1. The molecule has 1 aromatic rings. The first-order valence-corrected chi connectivity index (χ1v) is 6.76. The molecule has 3 amide bonds. The van der Waals surface area contributed by atoms with Gasteiger partial charge in [-0.1, -0.05) is 45.0 Å². The molecule has 0 saturated carbocycles. The highest BCUT2D eigenvalue weighted by molar-refractivity contribution is 5.88. The molecular formula is C15H23N3O3. The van der Waals surface area contributed by atoms with Gasteiger partial charge in [-0.05, 0) is 23.0 Å². The number of primary amides is 1. The molecule has 0 aliphatic rings. The summed E-state index contributed by atoms with van der Waals surface area (Å²) in [5, 5.41) is 8.85. The van der Waals surface area contributed by atoms with Crippen molar-refractivity contribution >= 4 is 12.1 Å². The molecule has 1 rings (SSSR count). The van der Waals surface area contributed by atoms with E-state index < -0.39 is 18.2 Å². The summed E-state index contributed by atoms with van der Waals surface area (Å²) in [4.78, 5) is 22.4. The van der Waals surface area contributed by atoms with Crippen LogP contribution in [0.15, 0.2) is 24.3 Å². The quantitative estimate of drug-likeness (QED) is 0.787. The number of carbonyl (C=O) groups is 2. The smallest absolute Gasteiger partial charge is 0.415 e. The largest absolute Gasteiger partial charge is 0.465 e. The summed E-state index contributed by atoms with van der Waals surface area (Å²) >= 11 is 0. The van der Waals surface area contributed by atoms with Gasteiger partial charge in [-0.25, -0.2) is 14.5 Å². The summed E-state index contributed by atoms with van der Waals surface area (Å²) in [5.41, 5.74) is 13.2. The van der Waals surface area contributed by atoms with Crippen LogP contribution in [0.4, 0.5) is 9.59 Å². The van der Waals surface area contributed by atoms with Gasteiger partial charge in [-0.2, -0.15) is 0 Å². The van der Waals surface area contributed by atoms with Crippen molar-refractivity contribution < 1.29 is 14.7 Å². The molecular weight excluding hydrogens is 270 g/mol. The second-order valence-corrected chi connectivity index (χ2v) is 6.14. The Labute approximate surface area is 124 Å². The predicted octanol–water partition coefficient (Wildman–Crippen LogP) is 1.91. The first kappa shape index (κ1) is 17.0. The van der Waals surface area contributed by atoms with Crippen LogP contribution in [0.2, 0.25) is 0 Å². The Kier molecular flexibility index (Phi) is 5.32.